The number of phenolic OH excluding ortho intramolecular Hbond substituents is 1. The Morgan fingerprint density at radius 3 is 1.01 bits per heavy atom. The van der Waals surface area contributed by atoms with Crippen LogP contribution >= 0.6 is 34.8 Å². The summed E-state index contributed by atoms with van der Waals surface area (Å²) in [4.78, 5) is 93.7. The van der Waals surface area contributed by atoms with Crippen LogP contribution in [0.5, 0.6) is 17.2 Å². The molecule has 0 bridgehead atoms. The van der Waals surface area contributed by atoms with Crippen molar-refractivity contribution in [2.45, 2.75) is 174 Å². The van der Waals surface area contributed by atoms with E-state index in [9.17, 15) is 65.3 Å². The number of hydrogen-bond donors (Lipinski definition) is 4. The Morgan fingerprint density at radius 2 is 0.718 bits per heavy atom. The Morgan fingerprint density at radius 1 is 0.445 bits per heavy atom. The number of aromatic hydroxyl groups is 1. The summed E-state index contributed by atoms with van der Waals surface area (Å²) >= 11 is 17.6. The maximum Gasteiger partial charge on any atom is 0.307 e. The lowest BCUT2D eigenvalue weighted by atomic mass is 9.93. The van der Waals surface area contributed by atoms with Gasteiger partial charge in [0.2, 0.25) is 11.8 Å². The fraction of sp³-hybridized carbons (Fsp3) is 0.370. The van der Waals surface area contributed by atoms with Crippen molar-refractivity contribution in [2.24, 2.45) is 11.5 Å². The number of carbonyl (C=O) groups is 6. The number of pyridine rings is 3. The van der Waals surface area contributed by atoms with Gasteiger partial charge < -0.3 is 45.2 Å². The predicted octanol–water partition coefficient (Wildman–Crippen LogP) is 17.5. The Bertz CT molecular complexity index is 5010. The largest absolute Gasteiger partial charge is 0.541 e. The first-order chi connectivity index (χ1) is 51.5. The van der Waals surface area contributed by atoms with E-state index in [0.717, 1.165) is 12.1 Å². The van der Waals surface area contributed by atoms with Crippen LogP contribution in [0.1, 0.15) is 181 Å². The Labute approximate surface area is 650 Å². The van der Waals surface area contributed by atoms with Crippen LogP contribution in [0.4, 0.5) is 26.3 Å². The normalized spacial score (nSPS) is 13.6. The molecule has 29 heteroatoms. The zero-order valence-electron chi connectivity index (χ0n) is 63.7. The van der Waals surface area contributed by atoms with Crippen LogP contribution < -0.4 is 20.3 Å². The summed E-state index contributed by atoms with van der Waals surface area (Å²) in [5.74, 6) is -7.15. The van der Waals surface area contributed by atoms with Gasteiger partial charge in [-0.25, -0.2) is 26.3 Å². The molecule has 6 heterocycles. The number of fused-ring (bicyclic) bond motifs is 6. The number of hydrogen-bond acceptors (Lipinski definition) is 12. The molecule has 0 atom stereocenters. The summed E-state index contributed by atoms with van der Waals surface area (Å²) < 4.78 is 98.4. The highest BCUT2D eigenvalue weighted by atomic mass is 35.5. The maximum atomic E-state index is 14.6. The Hall–Kier alpha value is -9.35. The van der Waals surface area contributed by atoms with Gasteiger partial charge in [-0.2, -0.15) is 0 Å². The third-order valence-corrected chi connectivity index (χ3v) is 34.3. The van der Waals surface area contributed by atoms with Gasteiger partial charge in [-0.15, -0.1) is 0 Å². The third-order valence-electron chi connectivity index (χ3n) is 21.5. The van der Waals surface area contributed by atoms with Crippen LogP contribution in [0, 0.1) is 34.9 Å². The zero-order valence-corrected chi connectivity index (χ0v) is 67.9. The number of aliphatic carboxylic acids is 1. The number of benzene rings is 6. The van der Waals surface area contributed by atoms with Crippen LogP contribution in [0.3, 0.4) is 0 Å². The third kappa shape index (κ3) is 15.8. The molecule has 3 aromatic heterocycles. The van der Waals surface area contributed by atoms with E-state index in [0.29, 0.717) is 113 Å². The summed E-state index contributed by atoms with van der Waals surface area (Å²) in [7, 11) is -0.101. The summed E-state index contributed by atoms with van der Waals surface area (Å²) in [6.45, 7) is 26.6. The molecule has 3 aliphatic rings. The van der Waals surface area contributed by atoms with Crippen molar-refractivity contribution in [1.82, 2.24) is 29.7 Å². The average molecular weight is 1610 g/mol. The lowest BCUT2D eigenvalue weighted by molar-refractivity contribution is -0.136. The van der Waals surface area contributed by atoms with Crippen molar-refractivity contribution in [1.29, 1.82) is 0 Å². The van der Waals surface area contributed by atoms with E-state index in [1.54, 1.807) is 55.5 Å². The highest BCUT2D eigenvalue weighted by Crippen LogP contribution is 2.51. The number of aromatic nitrogens is 3. The lowest BCUT2D eigenvalue weighted by Crippen LogP contribution is -2.51. The molecule has 9 aromatic rings. The quantitative estimate of drug-likeness (QED) is 0.0280. The van der Waals surface area contributed by atoms with Gasteiger partial charge in [0.25, 0.3) is 34.4 Å². The summed E-state index contributed by atoms with van der Waals surface area (Å²) in [5.41, 5.74) is 20.2. The predicted molar refractivity (Wildman–Crippen MR) is 417 cm³/mol. The molecule has 0 spiro atoms. The summed E-state index contributed by atoms with van der Waals surface area (Å²) in [6, 6.07) is 11.2. The number of nitrogens with zero attached hydrogens (tertiary/aromatic N) is 6. The van der Waals surface area contributed by atoms with Gasteiger partial charge in [0.05, 0.1) is 51.0 Å². The number of carbonyl (C=O) groups excluding carboxylic acids is 5. The first-order valence-electron chi connectivity index (χ1n) is 35.9. The molecular formula is C81H87Cl3F6N8O10Si2. The highest BCUT2D eigenvalue weighted by molar-refractivity contribution is 6.79. The fourth-order valence-electron chi connectivity index (χ4n) is 16.6. The van der Waals surface area contributed by atoms with E-state index in [1.807, 2.05) is 6.07 Å². The molecule has 0 radical (unpaired) electrons. The number of amides is 5. The fourth-order valence-corrected chi connectivity index (χ4v) is 27.7. The summed E-state index contributed by atoms with van der Waals surface area (Å²) in [6.07, 6.45) is 4.24. The van der Waals surface area contributed by atoms with E-state index in [4.69, 9.17) is 65.1 Å². The molecule has 110 heavy (non-hydrogen) atoms. The van der Waals surface area contributed by atoms with E-state index in [1.165, 1.54) is 29.3 Å². The van der Waals surface area contributed by atoms with Crippen LogP contribution in [-0.2, 0) is 72.5 Å². The Kier molecular flexibility index (Phi) is 24.6. The molecular weight excluding hydrogens is 1520 g/mol. The second-order valence-electron chi connectivity index (χ2n) is 30.5. The number of primary amides is 2. The minimum absolute atomic E-state index is 0.0570. The van der Waals surface area contributed by atoms with E-state index in [-0.39, 0.29) is 151 Å². The van der Waals surface area contributed by atoms with Crippen LogP contribution in [0.2, 0.25) is 48.3 Å². The Balaban J connectivity index is 0.000000178. The van der Waals surface area contributed by atoms with Crippen LogP contribution in [0.25, 0.3) is 32.7 Å². The molecule has 0 unspecified atom stereocenters. The van der Waals surface area contributed by atoms with Crippen molar-refractivity contribution in [3.8, 4) is 17.2 Å². The standard InChI is InChI=1S/C30H36ClF2N3O3Si.C30H35ClF2N2O4Si.C21H16ClF2N3O3/c1-15(2)40(16(3)4,17(5)6)39-29-27-22(14-36(7)30(27)38)20(11-26(34)37)21-9-18(13-35-28(21)29)8-19-10-23(31)25(33)12-24(19)32;1-15(2)40(16(3)4,17(5)6)39-29-27-22(14-35(7)30(27)38)20(11-26(36)37)21-9-18(13-34-28(21)29)8-19-10-23(31)25(33)12-24(19)32;1-27-8-13-11(5-17(25)28)12-3-9(2-10-4-14(22)16(24)6-15(10)23)7-26-19(12)20(29)18(13)21(27)30/h9-10,12-13,15-17H,8,11,14H2,1-7H3,(H2,34,37);9-10,12-13,15-17H,8,11,14H2,1-7H3,(H,36,37);3-4,6-7,29H,2,5,8H2,1H3,(H2,25,28). The first-order valence-corrected chi connectivity index (χ1v) is 41.4. The first kappa shape index (κ1) is 83.1. The highest BCUT2D eigenvalue weighted by Gasteiger charge is 2.51. The van der Waals surface area contributed by atoms with Crippen molar-refractivity contribution in [3.63, 3.8) is 0 Å². The zero-order chi connectivity index (χ0) is 81.1. The second kappa shape index (κ2) is 32.5. The van der Waals surface area contributed by atoms with Crippen LogP contribution in [-0.4, -0.2) is 113 Å². The van der Waals surface area contributed by atoms with Gasteiger partial charge in [-0.05, 0) is 136 Å². The number of halogens is 9. The van der Waals surface area contributed by atoms with Crippen LogP contribution in [0.15, 0.2) is 73.2 Å². The maximum absolute atomic E-state index is 14.6. The molecule has 0 fully saturated rings. The number of carboxylic acids is 1. The molecule has 582 valence electrons. The number of nitrogens with two attached hydrogens (primary N) is 2. The molecule has 12 rings (SSSR count). The van der Waals surface area contributed by atoms with Crippen molar-refractivity contribution in [3.05, 3.63) is 207 Å². The van der Waals surface area contributed by atoms with Crippen molar-refractivity contribution < 1.29 is 74.2 Å². The van der Waals surface area contributed by atoms with Gasteiger partial charge in [-0.1, -0.05) is 118 Å². The second-order valence-corrected chi connectivity index (χ2v) is 42.5. The molecule has 5 amide bonds. The minimum atomic E-state index is -2.55. The topological polar surface area (TPSA) is 262 Å². The van der Waals surface area contributed by atoms with E-state index in [2.05, 4.69) is 88.1 Å². The average Bonchev–Trinajstić information content (AvgIpc) is 1.46. The number of carboxylic acid groups (broad SMARTS) is 1. The van der Waals surface area contributed by atoms with Crippen molar-refractivity contribution in [2.75, 3.05) is 21.1 Å². The number of rotatable bonds is 22. The van der Waals surface area contributed by atoms with Gasteiger partial charge in [-0.3, -0.25) is 43.7 Å². The van der Waals surface area contributed by atoms with E-state index < -0.39 is 69.3 Å². The summed E-state index contributed by atoms with van der Waals surface area (Å²) in [5, 5.41) is 21.5. The van der Waals surface area contributed by atoms with Gasteiger partial charge in [0.1, 0.15) is 63.0 Å². The SMILES string of the molecule is CC(C)[Si](Oc1c2c(c(CC(=O)O)c3cc(Cc4cc(Cl)c(F)cc4F)cnc13)CN(C)C2=O)(C(C)C)C(C)C.CC(C)[Si](Oc1c2c(c(CC(N)=O)c3cc(Cc4cc(Cl)c(F)cc4F)cnc13)CN(C)C2=O)(C(C)C)C(C)C.CN1Cc2c(c(O)c3ncc(Cc4cc(Cl)c(F)cc4F)cc3c2CC(N)=O)C1=O. The lowest BCUT2D eigenvalue weighted by Gasteiger charge is -2.42. The monoisotopic (exact) mass is 1610 g/mol. The molecule has 18 nitrogen and oxygen atoms in total. The van der Waals surface area contributed by atoms with Gasteiger partial charge >= 0.3 is 5.97 Å². The van der Waals surface area contributed by atoms with Crippen molar-refractivity contribution >= 4 is 120 Å². The molecule has 6 aromatic carbocycles. The minimum Gasteiger partial charge on any atom is -0.541 e. The molecule has 0 aliphatic carbocycles. The van der Waals surface area contributed by atoms with Gasteiger partial charge in [0, 0.05) is 113 Å². The molecule has 3 aliphatic heterocycles. The smallest absolute Gasteiger partial charge is 0.307 e. The van der Waals surface area contributed by atoms with Gasteiger partial charge in [0.15, 0.2) is 5.75 Å². The molecule has 6 N–H and O–H groups in total. The molecule has 0 saturated carbocycles. The van der Waals surface area contributed by atoms with E-state index >= 15 is 0 Å². The number of phenols is 1. The molecule has 0 saturated heterocycles.